The van der Waals surface area contributed by atoms with Crippen LogP contribution in [0.2, 0.25) is 0 Å². The summed E-state index contributed by atoms with van der Waals surface area (Å²) < 4.78 is 0. The Labute approximate surface area is 148 Å². The molecule has 1 fully saturated rings. The maximum absolute atomic E-state index is 12.9. The molecule has 1 aromatic carbocycles. The van der Waals surface area contributed by atoms with Crippen molar-refractivity contribution in [2.75, 3.05) is 11.9 Å². The normalized spacial score (nSPS) is 17.8. The predicted molar refractivity (Wildman–Crippen MR) is 96.7 cm³/mol. The third kappa shape index (κ3) is 4.89. The van der Waals surface area contributed by atoms with E-state index < -0.39 is 0 Å². The molecule has 1 atom stereocenters. The number of carbonyl (C=O) groups is 2. The smallest absolute Gasteiger partial charge is 0.226 e. The monoisotopic (exact) mass is 337 g/mol. The summed E-state index contributed by atoms with van der Waals surface area (Å²) in [6.07, 6.45) is 6.21. The molecule has 1 aliphatic heterocycles. The summed E-state index contributed by atoms with van der Waals surface area (Å²) in [7, 11) is 0. The van der Waals surface area contributed by atoms with Crippen LogP contribution in [0.15, 0.2) is 54.9 Å². The molecular formula is C20H23N3O2. The standard InChI is InChI=1S/C20H23N3O2/c24-19(22-18-10-6-11-21-14-18)13-17-9-4-5-12-23(20(17)25)15-16-7-2-1-3-8-16/h1-3,6-8,10-11,14,17H,4-5,9,12-13,15H2,(H,22,24). The lowest BCUT2D eigenvalue weighted by molar-refractivity contribution is -0.137. The van der Waals surface area contributed by atoms with Gasteiger partial charge in [0, 0.05) is 31.6 Å². The third-order valence-corrected chi connectivity index (χ3v) is 4.48. The van der Waals surface area contributed by atoms with E-state index in [-0.39, 0.29) is 24.2 Å². The number of rotatable bonds is 5. The predicted octanol–water partition coefficient (Wildman–Crippen LogP) is 3.24. The Bertz CT molecular complexity index is 703. The second kappa shape index (κ2) is 8.42. The summed E-state index contributed by atoms with van der Waals surface area (Å²) >= 11 is 0. The zero-order valence-corrected chi connectivity index (χ0v) is 14.2. The van der Waals surface area contributed by atoms with Crippen LogP contribution in [-0.4, -0.2) is 28.2 Å². The van der Waals surface area contributed by atoms with Gasteiger partial charge in [-0.15, -0.1) is 0 Å². The molecule has 2 aromatic rings. The summed E-state index contributed by atoms with van der Waals surface area (Å²) in [6, 6.07) is 13.6. The number of aromatic nitrogens is 1. The number of hydrogen-bond acceptors (Lipinski definition) is 3. The van der Waals surface area contributed by atoms with E-state index in [2.05, 4.69) is 10.3 Å². The molecule has 130 valence electrons. The summed E-state index contributed by atoms with van der Waals surface area (Å²) in [6.45, 7) is 1.37. The Balaban J connectivity index is 1.62. The lowest BCUT2D eigenvalue weighted by Crippen LogP contribution is -2.36. The zero-order valence-electron chi connectivity index (χ0n) is 14.2. The fourth-order valence-corrected chi connectivity index (χ4v) is 3.21. The maximum Gasteiger partial charge on any atom is 0.226 e. The molecule has 0 saturated carbocycles. The van der Waals surface area contributed by atoms with E-state index in [0.29, 0.717) is 12.2 Å². The Kier molecular flexibility index (Phi) is 5.77. The van der Waals surface area contributed by atoms with Crippen LogP contribution in [0, 0.1) is 5.92 Å². The minimum Gasteiger partial charge on any atom is -0.338 e. The van der Waals surface area contributed by atoms with Crippen molar-refractivity contribution >= 4 is 17.5 Å². The highest BCUT2D eigenvalue weighted by Gasteiger charge is 2.28. The zero-order chi connectivity index (χ0) is 17.5. The Morgan fingerprint density at radius 1 is 1.16 bits per heavy atom. The molecule has 3 rings (SSSR count). The van der Waals surface area contributed by atoms with Crippen LogP contribution in [0.25, 0.3) is 0 Å². The van der Waals surface area contributed by atoms with Crippen LogP contribution in [0.1, 0.15) is 31.2 Å². The lowest BCUT2D eigenvalue weighted by atomic mass is 9.98. The molecular weight excluding hydrogens is 314 g/mol. The largest absolute Gasteiger partial charge is 0.338 e. The number of carbonyl (C=O) groups excluding carboxylic acids is 2. The molecule has 0 radical (unpaired) electrons. The van der Waals surface area contributed by atoms with E-state index in [1.807, 2.05) is 35.2 Å². The number of benzene rings is 1. The molecule has 1 aromatic heterocycles. The van der Waals surface area contributed by atoms with Crippen LogP contribution in [0.5, 0.6) is 0 Å². The van der Waals surface area contributed by atoms with Crippen molar-refractivity contribution in [2.45, 2.75) is 32.2 Å². The van der Waals surface area contributed by atoms with E-state index in [0.717, 1.165) is 31.4 Å². The number of pyridine rings is 1. The number of hydrogen-bond donors (Lipinski definition) is 1. The molecule has 1 unspecified atom stereocenters. The molecule has 2 amide bonds. The Morgan fingerprint density at radius 2 is 2.00 bits per heavy atom. The highest BCUT2D eigenvalue weighted by molar-refractivity contribution is 5.94. The Hall–Kier alpha value is -2.69. The van der Waals surface area contributed by atoms with E-state index in [1.165, 1.54) is 0 Å². The summed E-state index contributed by atoms with van der Waals surface area (Å²) in [5.74, 6) is -0.293. The molecule has 1 N–H and O–H groups in total. The number of nitrogens with one attached hydrogen (secondary N) is 1. The summed E-state index contributed by atoms with van der Waals surface area (Å²) in [4.78, 5) is 31.0. The molecule has 5 heteroatoms. The van der Waals surface area contributed by atoms with E-state index >= 15 is 0 Å². The van der Waals surface area contributed by atoms with Gasteiger partial charge in [0.05, 0.1) is 11.9 Å². The first-order valence-electron chi connectivity index (χ1n) is 8.75. The van der Waals surface area contributed by atoms with Gasteiger partial charge in [-0.05, 0) is 30.5 Å². The van der Waals surface area contributed by atoms with Crippen molar-refractivity contribution in [2.24, 2.45) is 5.92 Å². The second-order valence-electron chi connectivity index (χ2n) is 6.43. The van der Waals surface area contributed by atoms with Crippen molar-refractivity contribution in [1.29, 1.82) is 0 Å². The molecule has 0 spiro atoms. The number of amides is 2. The van der Waals surface area contributed by atoms with Crippen molar-refractivity contribution < 1.29 is 9.59 Å². The Morgan fingerprint density at radius 3 is 2.76 bits per heavy atom. The molecule has 1 saturated heterocycles. The third-order valence-electron chi connectivity index (χ3n) is 4.48. The van der Waals surface area contributed by atoms with E-state index in [1.54, 1.807) is 24.5 Å². The van der Waals surface area contributed by atoms with Gasteiger partial charge in [-0.25, -0.2) is 0 Å². The van der Waals surface area contributed by atoms with Crippen LogP contribution in [0.4, 0.5) is 5.69 Å². The van der Waals surface area contributed by atoms with E-state index in [9.17, 15) is 9.59 Å². The highest BCUT2D eigenvalue weighted by Crippen LogP contribution is 2.23. The first-order valence-corrected chi connectivity index (χ1v) is 8.75. The van der Waals surface area contributed by atoms with Crippen LogP contribution < -0.4 is 5.32 Å². The van der Waals surface area contributed by atoms with Gasteiger partial charge in [-0.2, -0.15) is 0 Å². The lowest BCUT2D eigenvalue weighted by Gasteiger charge is -2.24. The van der Waals surface area contributed by atoms with Gasteiger partial charge in [-0.3, -0.25) is 14.6 Å². The number of anilines is 1. The van der Waals surface area contributed by atoms with Gasteiger partial charge in [0.1, 0.15) is 0 Å². The fourth-order valence-electron chi connectivity index (χ4n) is 3.21. The molecule has 0 bridgehead atoms. The topological polar surface area (TPSA) is 62.3 Å². The van der Waals surface area contributed by atoms with Crippen LogP contribution >= 0.6 is 0 Å². The van der Waals surface area contributed by atoms with Crippen molar-refractivity contribution in [1.82, 2.24) is 9.88 Å². The average molecular weight is 337 g/mol. The fraction of sp³-hybridized carbons (Fsp3) is 0.350. The minimum absolute atomic E-state index is 0.0858. The first kappa shape index (κ1) is 17.1. The second-order valence-corrected chi connectivity index (χ2v) is 6.43. The highest BCUT2D eigenvalue weighted by atomic mass is 16.2. The molecule has 0 aliphatic carbocycles. The van der Waals surface area contributed by atoms with Gasteiger partial charge in [0.2, 0.25) is 11.8 Å². The van der Waals surface area contributed by atoms with Gasteiger partial charge in [-0.1, -0.05) is 36.8 Å². The van der Waals surface area contributed by atoms with Crippen LogP contribution in [0.3, 0.4) is 0 Å². The van der Waals surface area contributed by atoms with Gasteiger partial charge in [0.25, 0.3) is 0 Å². The van der Waals surface area contributed by atoms with Crippen molar-refractivity contribution in [3.05, 3.63) is 60.4 Å². The number of nitrogens with zero attached hydrogens (tertiary/aromatic N) is 2. The average Bonchev–Trinajstić information content (AvgIpc) is 2.79. The van der Waals surface area contributed by atoms with Gasteiger partial charge < -0.3 is 10.2 Å². The quantitative estimate of drug-likeness (QED) is 0.911. The SMILES string of the molecule is O=C(CC1CCCCN(Cc2ccccc2)C1=O)Nc1cccnc1. The maximum atomic E-state index is 12.9. The van der Waals surface area contributed by atoms with E-state index in [4.69, 9.17) is 0 Å². The van der Waals surface area contributed by atoms with Crippen molar-refractivity contribution in [3.63, 3.8) is 0 Å². The van der Waals surface area contributed by atoms with Gasteiger partial charge in [0.15, 0.2) is 0 Å². The summed E-state index contributed by atoms with van der Waals surface area (Å²) in [5, 5.41) is 2.82. The van der Waals surface area contributed by atoms with Crippen LogP contribution in [-0.2, 0) is 16.1 Å². The van der Waals surface area contributed by atoms with Gasteiger partial charge >= 0.3 is 0 Å². The number of likely N-dealkylation sites (tertiary alicyclic amines) is 1. The summed E-state index contributed by atoms with van der Waals surface area (Å²) in [5.41, 5.74) is 1.78. The molecule has 2 heterocycles. The minimum atomic E-state index is -0.247. The molecule has 25 heavy (non-hydrogen) atoms. The first-order chi connectivity index (χ1) is 12.2. The molecule has 5 nitrogen and oxygen atoms in total. The molecule has 1 aliphatic rings. The van der Waals surface area contributed by atoms with Crippen molar-refractivity contribution in [3.8, 4) is 0 Å².